The van der Waals surface area contributed by atoms with Gasteiger partial charge in [0.2, 0.25) is 11.8 Å². The summed E-state index contributed by atoms with van der Waals surface area (Å²) >= 11 is 0. The van der Waals surface area contributed by atoms with Crippen molar-refractivity contribution in [2.75, 3.05) is 26.2 Å². The van der Waals surface area contributed by atoms with E-state index in [0.717, 1.165) is 39.0 Å². The Morgan fingerprint density at radius 3 is 2.32 bits per heavy atom. The molecule has 1 atom stereocenters. The number of amides is 2. The van der Waals surface area contributed by atoms with Crippen molar-refractivity contribution in [2.45, 2.75) is 65.3 Å². The molecule has 0 radical (unpaired) electrons. The Morgan fingerprint density at radius 1 is 1.09 bits per heavy atom. The Balaban J connectivity index is 2.39. The van der Waals surface area contributed by atoms with Crippen LogP contribution in [0.2, 0.25) is 0 Å². The molecule has 1 fully saturated rings. The molecule has 0 bridgehead atoms. The minimum Gasteiger partial charge on any atom is -0.344 e. The van der Waals surface area contributed by atoms with Gasteiger partial charge in [0.15, 0.2) is 0 Å². The zero-order valence-electron chi connectivity index (χ0n) is 14.5. The van der Waals surface area contributed by atoms with Gasteiger partial charge in [-0.05, 0) is 12.3 Å². The zero-order chi connectivity index (χ0) is 16.4. The van der Waals surface area contributed by atoms with E-state index in [1.807, 2.05) is 18.7 Å². The molecule has 0 saturated carbocycles. The van der Waals surface area contributed by atoms with E-state index in [4.69, 9.17) is 0 Å². The number of carbonyl (C=O) groups excluding carboxylic acids is 2. The van der Waals surface area contributed by atoms with E-state index in [1.54, 1.807) is 0 Å². The first-order chi connectivity index (χ1) is 10.6. The fraction of sp³-hybridized carbons (Fsp3) is 0.882. The second-order valence-electron chi connectivity index (χ2n) is 6.53. The van der Waals surface area contributed by atoms with Crippen LogP contribution in [0.3, 0.4) is 0 Å². The Kier molecular flexibility index (Phi) is 9.13. The highest BCUT2D eigenvalue weighted by Gasteiger charge is 2.28. The summed E-state index contributed by atoms with van der Waals surface area (Å²) in [5.74, 6) is 0.195. The molecule has 0 aromatic heterocycles. The van der Waals surface area contributed by atoms with Gasteiger partial charge in [0, 0.05) is 32.6 Å². The van der Waals surface area contributed by atoms with Crippen molar-refractivity contribution in [2.24, 2.45) is 5.92 Å². The summed E-state index contributed by atoms with van der Waals surface area (Å²) in [7, 11) is 0. The van der Waals surface area contributed by atoms with E-state index < -0.39 is 0 Å². The van der Waals surface area contributed by atoms with Gasteiger partial charge in [0.05, 0.1) is 0 Å². The summed E-state index contributed by atoms with van der Waals surface area (Å²) in [6, 6.07) is -0.388. The largest absolute Gasteiger partial charge is 0.344 e. The molecule has 5 nitrogen and oxygen atoms in total. The monoisotopic (exact) mass is 311 g/mol. The molecule has 0 aromatic carbocycles. The topological polar surface area (TPSA) is 61.4 Å². The summed E-state index contributed by atoms with van der Waals surface area (Å²) in [6.07, 6.45) is 6.18. The SMILES string of the molecule is CCCCCCCC(=O)NC(C(=O)N1CCNCC1)C(C)C. The first kappa shape index (κ1) is 18.9. The average Bonchev–Trinajstić information content (AvgIpc) is 2.52. The van der Waals surface area contributed by atoms with E-state index in [-0.39, 0.29) is 23.8 Å². The van der Waals surface area contributed by atoms with Crippen molar-refractivity contribution in [3.05, 3.63) is 0 Å². The maximum absolute atomic E-state index is 12.6. The number of hydrogen-bond acceptors (Lipinski definition) is 3. The van der Waals surface area contributed by atoms with Gasteiger partial charge in [-0.3, -0.25) is 9.59 Å². The molecule has 22 heavy (non-hydrogen) atoms. The first-order valence-electron chi connectivity index (χ1n) is 8.85. The highest BCUT2D eigenvalue weighted by Crippen LogP contribution is 2.09. The normalized spacial score (nSPS) is 16.6. The molecule has 0 aliphatic carbocycles. The molecule has 1 aliphatic rings. The van der Waals surface area contributed by atoms with E-state index in [1.165, 1.54) is 19.3 Å². The van der Waals surface area contributed by atoms with E-state index in [9.17, 15) is 9.59 Å². The predicted octanol–water partition coefficient (Wildman–Crippen LogP) is 1.92. The summed E-state index contributed by atoms with van der Waals surface area (Å²) in [4.78, 5) is 26.5. The third-order valence-electron chi connectivity index (χ3n) is 4.19. The number of hydrogen-bond donors (Lipinski definition) is 2. The van der Waals surface area contributed by atoms with Gasteiger partial charge in [-0.2, -0.15) is 0 Å². The minimum atomic E-state index is -0.388. The molecule has 5 heteroatoms. The van der Waals surface area contributed by atoms with Crippen LogP contribution in [0.1, 0.15) is 59.3 Å². The third-order valence-corrected chi connectivity index (χ3v) is 4.19. The highest BCUT2D eigenvalue weighted by atomic mass is 16.2. The van der Waals surface area contributed by atoms with Crippen LogP contribution >= 0.6 is 0 Å². The molecule has 2 N–H and O–H groups in total. The van der Waals surface area contributed by atoms with Gasteiger partial charge in [-0.15, -0.1) is 0 Å². The van der Waals surface area contributed by atoms with Crippen molar-refractivity contribution in [3.8, 4) is 0 Å². The standard InChI is InChI=1S/C17H33N3O2/c1-4-5-6-7-8-9-15(21)19-16(14(2)3)17(22)20-12-10-18-11-13-20/h14,16,18H,4-13H2,1-3H3,(H,19,21). The predicted molar refractivity (Wildman–Crippen MR) is 89.6 cm³/mol. The summed E-state index contributed by atoms with van der Waals surface area (Å²) in [6.45, 7) is 9.30. The maximum atomic E-state index is 12.6. The lowest BCUT2D eigenvalue weighted by molar-refractivity contribution is -0.138. The van der Waals surface area contributed by atoms with E-state index in [2.05, 4.69) is 17.6 Å². The fourth-order valence-electron chi connectivity index (χ4n) is 2.73. The molecule has 1 aliphatic heterocycles. The lowest BCUT2D eigenvalue weighted by Crippen LogP contribution is -2.55. The third kappa shape index (κ3) is 6.77. The zero-order valence-corrected chi connectivity index (χ0v) is 14.5. The number of nitrogens with one attached hydrogen (secondary N) is 2. The second kappa shape index (κ2) is 10.6. The van der Waals surface area contributed by atoms with Crippen LogP contribution in [-0.4, -0.2) is 48.9 Å². The minimum absolute atomic E-state index is 0.0127. The van der Waals surface area contributed by atoms with Crippen molar-refractivity contribution >= 4 is 11.8 Å². The number of rotatable bonds is 9. The van der Waals surface area contributed by atoms with Crippen LogP contribution in [0.5, 0.6) is 0 Å². The van der Waals surface area contributed by atoms with Crippen LogP contribution < -0.4 is 10.6 Å². The van der Waals surface area contributed by atoms with Gasteiger partial charge < -0.3 is 15.5 Å². The van der Waals surface area contributed by atoms with Gasteiger partial charge in [-0.1, -0.05) is 46.5 Å². The molecule has 2 amide bonds. The Bertz CT molecular complexity index is 339. The number of carbonyl (C=O) groups is 2. The molecule has 1 heterocycles. The van der Waals surface area contributed by atoms with E-state index in [0.29, 0.717) is 6.42 Å². The fourth-order valence-corrected chi connectivity index (χ4v) is 2.73. The lowest BCUT2D eigenvalue weighted by Gasteiger charge is -2.32. The highest BCUT2D eigenvalue weighted by molar-refractivity contribution is 5.88. The molecule has 128 valence electrons. The molecule has 0 spiro atoms. The van der Waals surface area contributed by atoms with Gasteiger partial charge >= 0.3 is 0 Å². The first-order valence-corrected chi connectivity index (χ1v) is 8.85. The Hall–Kier alpha value is -1.10. The molecule has 0 aromatic rings. The lowest BCUT2D eigenvalue weighted by atomic mass is 10.0. The van der Waals surface area contributed by atoms with E-state index >= 15 is 0 Å². The number of piperazine rings is 1. The maximum Gasteiger partial charge on any atom is 0.245 e. The van der Waals surface area contributed by atoms with Crippen LogP contribution in [-0.2, 0) is 9.59 Å². The summed E-state index contributed by atoms with van der Waals surface area (Å²) < 4.78 is 0. The quantitative estimate of drug-likeness (QED) is 0.640. The van der Waals surface area contributed by atoms with Crippen LogP contribution in [0.25, 0.3) is 0 Å². The van der Waals surface area contributed by atoms with Crippen molar-refractivity contribution in [1.82, 2.24) is 15.5 Å². The summed E-state index contributed by atoms with van der Waals surface area (Å²) in [5.41, 5.74) is 0. The average molecular weight is 311 g/mol. The van der Waals surface area contributed by atoms with Crippen LogP contribution in [0, 0.1) is 5.92 Å². The smallest absolute Gasteiger partial charge is 0.245 e. The number of unbranched alkanes of at least 4 members (excludes halogenated alkanes) is 4. The molecule has 1 saturated heterocycles. The van der Waals surface area contributed by atoms with Crippen molar-refractivity contribution in [1.29, 1.82) is 0 Å². The number of nitrogens with zero attached hydrogens (tertiary/aromatic N) is 1. The van der Waals surface area contributed by atoms with Gasteiger partial charge in [0.1, 0.15) is 6.04 Å². The molecular formula is C17H33N3O2. The van der Waals surface area contributed by atoms with Crippen LogP contribution in [0.4, 0.5) is 0 Å². The molecular weight excluding hydrogens is 278 g/mol. The van der Waals surface area contributed by atoms with Crippen LogP contribution in [0.15, 0.2) is 0 Å². The Labute approximate surface area is 135 Å². The molecule has 1 rings (SSSR count). The van der Waals surface area contributed by atoms with Crippen molar-refractivity contribution in [3.63, 3.8) is 0 Å². The summed E-state index contributed by atoms with van der Waals surface area (Å²) in [5, 5.41) is 6.20. The molecule has 1 unspecified atom stereocenters. The second-order valence-corrected chi connectivity index (χ2v) is 6.53. The van der Waals surface area contributed by atoms with Gasteiger partial charge in [-0.25, -0.2) is 0 Å². The van der Waals surface area contributed by atoms with Gasteiger partial charge in [0.25, 0.3) is 0 Å². The van der Waals surface area contributed by atoms with Crippen molar-refractivity contribution < 1.29 is 9.59 Å². The Morgan fingerprint density at radius 2 is 1.73 bits per heavy atom.